The van der Waals surface area contributed by atoms with Gasteiger partial charge in [-0.15, -0.1) is 0 Å². The van der Waals surface area contributed by atoms with E-state index in [1.807, 2.05) is 0 Å². The van der Waals surface area contributed by atoms with Gasteiger partial charge in [0.2, 0.25) is 0 Å². The Kier molecular flexibility index (Phi) is 3.00. The van der Waals surface area contributed by atoms with Gasteiger partial charge >= 0.3 is 0 Å². The van der Waals surface area contributed by atoms with Gasteiger partial charge in [-0.1, -0.05) is 24.3 Å². The van der Waals surface area contributed by atoms with Crippen molar-refractivity contribution in [2.45, 2.75) is 25.9 Å². The number of rotatable bonds is 3. The van der Waals surface area contributed by atoms with Gasteiger partial charge in [0.1, 0.15) is 0 Å². The van der Waals surface area contributed by atoms with Gasteiger partial charge in [0, 0.05) is 7.11 Å². The zero-order chi connectivity index (χ0) is 9.80. The monoisotopic (exact) mass is 188 g/mol. The van der Waals surface area contributed by atoms with Crippen molar-refractivity contribution in [2.24, 2.45) is 0 Å². The molecule has 0 aliphatic heterocycles. The Hall–Kier alpha value is -1.08. The highest BCUT2D eigenvalue weighted by Gasteiger charge is 2.06. The maximum atomic E-state index is 5.13. The molecule has 0 saturated heterocycles. The molecule has 0 aromatic heterocycles. The van der Waals surface area contributed by atoms with Crippen LogP contribution in [0.25, 0.3) is 5.57 Å². The molecule has 0 spiro atoms. The minimum Gasteiger partial charge on any atom is -0.380 e. The lowest BCUT2D eigenvalue weighted by Crippen LogP contribution is -1.89. The van der Waals surface area contributed by atoms with E-state index in [2.05, 4.69) is 30.3 Å². The Balaban J connectivity index is 2.21. The Morgan fingerprint density at radius 2 is 2.29 bits per heavy atom. The lowest BCUT2D eigenvalue weighted by Gasteiger charge is -2.05. The molecule has 1 heteroatoms. The minimum atomic E-state index is 0.709. The number of benzene rings is 1. The Morgan fingerprint density at radius 3 is 3.00 bits per heavy atom. The van der Waals surface area contributed by atoms with Crippen LogP contribution in [0.15, 0.2) is 30.3 Å². The van der Waals surface area contributed by atoms with E-state index in [0.717, 1.165) is 0 Å². The second kappa shape index (κ2) is 4.43. The first-order chi connectivity index (χ1) is 6.90. The van der Waals surface area contributed by atoms with Gasteiger partial charge in [0.05, 0.1) is 6.61 Å². The molecule has 74 valence electrons. The lowest BCUT2D eigenvalue weighted by atomic mass is 10.0. The van der Waals surface area contributed by atoms with E-state index in [-0.39, 0.29) is 0 Å². The average Bonchev–Trinajstić information content (AvgIpc) is 2.71. The molecule has 0 atom stereocenters. The lowest BCUT2D eigenvalue weighted by molar-refractivity contribution is 0.185. The second-order valence-corrected chi connectivity index (χ2v) is 3.75. The third kappa shape index (κ3) is 2.05. The predicted octanol–water partition coefficient (Wildman–Crippen LogP) is 3.40. The molecule has 1 nitrogen and oxygen atoms in total. The summed E-state index contributed by atoms with van der Waals surface area (Å²) in [5.74, 6) is 0. The van der Waals surface area contributed by atoms with Crippen LogP contribution < -0.4 is 0 Å². The van der Waals surface area contributed by atoms with Crippen molar-refractivity contribution in [2.75, 3.05) is 7.11 Å². The highest BCUT2D eigenvalue weighted by Crippen LogP contribution is 2.27. The summed E-state index contributed by atoms with van der Waals surface area (Å²) in [5, 5.41) is 0. The Morgan fingerprint density at radius 1 is 1.36 bits per heavy atom. The maximum absolute atomic E-state index is 5.13. The van der Waals surface area contributed by atoms with Gasteiger partial charge in [0.15, 0.2) is 0 Å². The maximum Gasteiger partial charge on any atom is 0.0713 e. The first kappa shape index (κ1) is 9.47. The molecule has 0 amide bonds. The topological polar surface area (TPSA) is 9.23 Å². The molecule has 1 aromatic carbocycles. The zero-order valence-electron chi connectivity index (χ0n) is 8.62. The van der Waals surface area contributed by atoms with E-state index in [1.54, 1.807) is 7.11 Å². The number of ether oxygens (including phenoxy) is 1. The van der Waals surface area contributed by atoms with Crippen LogP contribution in [0.4, 0.5) is 0 Å². The van der Waals surface area contributed by atoms with Crippen molar-refractivity contribution < 1.29 is 4.74 Å². The smallest absolute Gasteiger partial charge is 0.0713 e. The van der Waals surface area contributed by atoms with Crippen LogP contribution in [0.2, 0.25) is 0 Å². The number of methoxy groups -OCH3 is 1. The van der Waals surface area contributed by atoms with E-state index in [0.29, 0.717) is 6.61 Å². The largest absolute Gasteiger partial charge is 0.380 e. The fourth-order valence-corrected chi connectivity index (χ4v) is 1.96. The molecule has 0 radical (unpaired) electrons. The summed E-state index contributed by atoms with van der Waals surface area (Å²) in [6.07, 6.45) is 6.13. The van der Waals surface area contributed by atoms with Crippen LogP contribution >= 0.6 is 0 Å². The molecular weight excluding hydrogens is 172 g/mol. The summed E-state index contributed by atoms with van der Waals surface area (Å²) < 4.78 is 5.13. The third-order valence-electron chi connectivity index (χ3n) is 2.65. The van der Waals surface area contributed by atoms with Crippen LogP contribution in [0.3, 0.4) is 0 Å². The van der Waals surface area contributed by atoms with Gasteiger partial charge in [0.25, 0.3) is 0 Å². The molecule has 0 heterocycles. The highest BCUT2D eigenvalue weighted by atomic mass is 16.5. The van der Waals surface area contributed by atoms with Crippen LogP contribution in [-0.4, -0.2) is 7.11 Å². The van der Waals surface area contributed by atoms with Crippen molar-refractivity contribution in [3.63, 3.8) is 0 Å². The van der Waals surface area contributed by atoms with Gasteiger partial charge in [-0.2, -0.15) is 0 Å². The van der Waals surface area contributed by atoms with Gasteiger partial charge < -0.3 is 4.74 Å². The SMILES string of the molecule is COCc1cccc(C2=CCCC2)c1. The van der Waals surface area contributed by atoms with Crippen LogP contribution in [-0.2, 0) is 11.3 Å². The standard InChI is InChI=1S/C13H16O/c1-14-10-11-5-4-8-13(9-11)12-6-2-3-7-12/h4-6,8-9H,2-3,7,10H2,1H3. The predicted molar refractivity (Wildman–Crippen MR) is 59.0 cm³/mol. The molecule has 2 rings (SSSR count). The molecule has 1 aliphatic rings. The fraction of sp³-hybridized carbons (Fsp3) is 0.385. The van der Waals surface area contributed by atoms with Crippen molar-refractivity contribution in [3.8, 4) is 0 Å². The number of hydrogen-bond acceptors (Lipinski definition) is 1. The summed E-state index contributed by atoms with van der Waals surface area (Å²) in [6.45, 7) is 0.709. The summed E-state index contributed by atoms with van der Waals surface area (Å²) in [4.78, 5) is 0. The molecule has 1 aromatic rings. The van der Waals surface area contributed by atoms with E-state index in [4.69, 9.17) is 4.74 Å². The summed E-state index contributed by atoms with van der Waals surface area (Å²) >= 11 is 0. The van der Waals surface area contributed by atoms with Crippen molar-refractivity contribution in [1.82, 2.24) is 0 Å². The molecular formula is C13H16O. The van der Waals surface area contributed by atoms with E-state index in [9.17, 15) is 0 Å². The van der Waals surface area contributed by atoms with E-state index in [1.165, 1.54) is 36.0 Å². The number of hydrogen-bond donors (Lipinski definition) is 0. The molecule has 0 bridgehead atoms. The van der Waals surface area contributed by atoms with Crippen LogP contribution in [0.5, 0.6) is 0 Å². The number of allylic oxidation sites excluding steroid dienone is 2. The van der Waals surface area contributed by atoms with Gasteiger partial charge in [-0.25, -0.2) is 0 Å². The zero-order valence-corrected chi connectivity index (χ0v) is 8.62. The van der Waals surface area contributed by atoms with E-state index < -0.39 is 0 Å². The third-order valence-corrected chi connectivity index (χ3v) is 2.65. The van der Waals surface area contributed by atoms with Crippen LogP contribution in [0.1, 0.15) is 30.4 Å². The molecule has 14 heavy (non-hydrogen) atoms. The van der Waals surface area contributed by atoms with E-state index >= 15 is 0 Å². The summed E-state index contributed by atoms with van der Waals surface area (Å²) in [7, 11) is 1.74. The Labute approximate surface area is 85.4 Å². The second-order valence-electron chi connectivity index (χ2n) is 3.75. The normalized spacial score (nSPS) is 15.6. The van der Waals surface area contributed by atoms with Gasteiger partial charge in [-0.05, 0) is 42.0 Å². The minimum absolute atomic E-state index is 0.709. The van der Waals surface area contributed by atoms with Crippen molar-refractivity contribution in [3.05, 3.63) is 41.5 Å². The van der Waals surface area contributed by atoms with Crippen molar-refractivity contribution >= 4 is 5.57 Å². The molecule has 0 saturated carbocycles. The fourth-order valence-electron chi connectivity index (χ4n) is 1.96. The molecule has 0 unspecified atom stereocenters. The Bertz CT molecular complexity index is 339. The molecule has 1 aliphatic carbocycles. The first-order valence-electron chi connectivity index (χ1n) is 5.17. The highest BCUT2D eigenvalue weighted by molar-refractivity contribution is 5.67. The quantitative estimate of drug-likeness (QED) is 0.706. The molecule has 0 N–H and O–H groups in total. The summed E-state index contributed by atoms with van der Waals surface area (Å²) in [6, 6.07) is 8.66. The molecule has 0 fully saturated rings. The summed E-state index contributed by atoms with van der Waals surface area (Å²) in [5.41, 5.74) is 4.14. The van der Waals surface area contributed by atoms with Gasteiger partial charge in [-0.3, -0.25) is 0 Å². The first-order valence-corrected chi connectivity index (χ1v) is 5.17. The van der Waals surface area contributed by atoms with Crippen LogP contribution in [0, 0.1) is 0 Å². The average molecular weight is 188 g/mol. The van der Waals surface area contributed by atoms with Crippen molar-refractivity contribution in [1.29, 1.82) is 0 Å².